The zero-order chi connectivity index (χ0) is 13.7. The number of hydrogen-bond donors (Lipinski definition) is 1. The van der Waals surface area contributed by atoms with Gasteiger partial charge in [-0.25, -0.2) is 0 Å². The number of thiophene rings is 1. The third-order valence-corrected chi connectivity index (χ3v) is 5.31. The van der Waals surface area contributed by atoms with Crippen LogP contribution in [0.3, 0.4) is 0 Å². The zero-order valence-corrected chi connectivity index (χ0v) is 14.4. The molecule has 0 aliphatic heterocycles. The first-order valence-electron chi connectivity index (χ1n) is 6.84. The first kappa shape index (κ1) is 15.0. The van der Waals surface area contributed by atoms with Crippen molar-refractivity contribution in [3.8, 4) is 10.4 Å². The van der Waals surface area contributed by atoms with Gasteiger partial charge in [0.15, 0.2) is 0 Å². The maximum atomic E-state index is 3.59. The Morgan fingerprint density at radius 3 is 2.63 bits per heavy atom. The molecule has 0 saturated heterocycles. The molecule has 3 heteroatoms. The molecule has 1 unspecified atom stereocenters. The summed E-state index contributed by atoms with van der Waals surface area (Å²) in [6.07, 6.45) is 2.42. The van der Waals surface area contributed by atoms with Gasteiger partial charge in [-0.15, -0.1) is 11.3 Å². The quantitative estimate of drug-likeness (QED) is 0.651. The Balaban J connectivity index is 2.25. The average Bonchev–Trinajstić information content (AvgIpc) is 2.88. The molecule has 2 rings (SSSR count). The SMILES string of the molecule is CCCC(NCC)c1ccc(-c2ccccc2I)s1. The van der Waals surface area contributed by atoms with E-state index in [-0.39, 0.29) is 0 Å². The van der Waals surface area contributed by atoms with Crippen molar-refractivity contribution < 1.29 is 0 Å². The van der Waals surface area contributed by atoms with Crippen LogP contribution in [0.1, 0.15) is 37.6 Å². The number of benzene rings is 1. The Morgan fingerprint density at radius 2 is 1.95 bits per heavy atom. The average molecular weight is 385 g/mol. The predicted molar refractivity (Wildman–Crippen MR) is 93.8 cm³/mol. The second-order valence-electron chi connectivity index (χ2n) is 4.58. The summed E-state index contributed by atoms with van der Waals surface area (Å²) in [5, 5.41) is 3.59. The van der Waals surface area contributed by atoms with Crippen LogP contribution >= 0.6 is 33.9 Å². The lowest BCUT2D eigenvalue weighted by molar-refractivity contribution is 0.516. The number of nitrogens with one attached hydrogen (secondary N) is 1. The number of halogens is 1. The molecule has 1 heterocycles. The van der Waals surface area contributed by atoms with Crippen LogP contribution in [0.4, 0.5) is 0 Å². The Kier molecular flexibility index (Phi) is 5.85. The molecule has 0 amide bonds. The summed E-state index contributed by atoms with van der Waals surface area (Å²) in [7, 11) is 0. The van der Waals surface area contributed by atoms with E-state index in [1.807, 2.05) is 11.3 Å². The van der Waals surface area contributed by atoms with Crippen molar-refractivity contribution in [3.63, 3.8) is 0 Å². The summed E-state index contributed by atoms with van der Waals surface area (Å²) in [5.41, 5.74) is 1.35. The van der Waals surface area contributed by atoms with Crippen LogP contribution in [0.5, 0.6) is 0 Å². The lowest BCUT2D eigenvalue weighted by Crippen LogP contribution is -2.19. The Labute approximate surface area is 133 Å². The lowest BCUT2D eigenvalue weighted by atomic mass is 10.1. The normalized spacial score (nSPS) is 12.6. The molecule has 0 aliphatic carbocycles. The van der Waals surface area contributed by atoms with Gasteiger partial charge in [-0.2, -0.15) is 0 Å². The second kappa shape index (κ2) is 7.41. The largest absolute Gasteiger partial charge is 0.310 e. The molecule has 0 saturated carbocycles. The highest BCUT2D eigenvalue weighted by atomic mass is 127. The van der Waals surface area contributed by atoms with Crippen LogP contribution in [0.2, 0.25) is 0 Å². The zero-order valence-electron chi connectivity index (χ0n) is 11.4. The summed E-state index contributed by atoms with van der Waals surface area (Å²) in [5.74, 6) is 0. The monoisotopic (exact) mass is 385 g/mol. The molecular formula is C16H20INS. The van der Waals surface area contributed by atoms with Crippen LogP contribution < -0.4 is 5.32 Å². The highest BCUT2D eigenvalue weighted by molar-refractivity contribution is 14.1. The molecule has 2 aromatic rings. The van der Waals surface area contributed by atoms with E-state index < -0.39 is 0 Å². The van der Waals surface area contributed by atoms with E-state index >= 15 is 0 Å². The van der Waals surface area contributed by atoms with Crippen molar-refractivity contribution in [3.05, 3.63) is 44.8 Å². The van der Waals surface area contributed by atoms with Crippen LogP contribution in [0.25, 0.3) is 10.4 Å². The summed E-state index contributed by atoms with van der Waals surface area (Å²) in [6, 6.07) is 13.6. The van der Waals surface area contributed by atoms with Crippen molar-refractivity contribution in [2.24, 2.45) is 0 Å². The van der Waals surface area contributed by atoms with Gasteiger partial charge in [0, 0.05) is 24.9 Å². The highest BCUT2D eigenvalue weighted by Crippen LogP contribution is 2.35. The third-order valence-electron chi connectivity index (χ3n) is 3.14. The van der Waals surface area contributed by atoms with Crippen LogP contribution in [-0.2, 0) is 0 Å². The molecule has 102 valence electrons. The van der Waals surface area contributed by atoms with Crippen LogP contribution in [0, 0.1) is 3.57 Å². The molecule has 1 aromatic carbocycles. The molecule has 0 fully saturated rings. The van der Waals surface area contributed by atoms with Gasteiger partial charge in [-0.3, -0.25) is 0 Å². The number of hydrogen-bond acceptors (Lipinski definition) is 2. The maximum absolute atomic E-state index is 3.59. The fraction of sp³-hybridized carbons (Fsp3) is 0.375. The second-order valence-corrected chi connectivity index (χ2v) is 6.86. The smallest absolute Gasteiger partial charge is 0.0414 e. The topological polar surface area (TPSA) is 12.0 Å². The first-order chi connectivity index (χ1) is 9.26. The third kappa shape index (κ3) is 3.80. The fourth-order valence-corrected chi connectivity index (χ4v) is 4.24. The predicted octanol–water partition coefficient (Wildman–Crippen LogP) is 5.47. The summed E-state index contributed by atoms with van der Waals surface area (Å²) in [6.45, 7) is 5.46. The van der Waals surface area contributed by atoms with Crippen molar-refractivity contribution in [2.75, 3.05) is 6.54 Å². The van der Waals surface area contributed by atoms with Crippen molar-refractivity contribution in [1.29, 1.82) is 0 Å². The van der Waals surface area contributed by atoms with Gasteiger partial charge in [0.1, 0.15) is 0 Å². The minimum absolute atomic E-state index is 0.509. The fourth-order valence-electron chi connectivity index (χ4n) is 2.23. The maximum Gasteiger partial charge on any atom is 0.0414 e. The van der Waals surface area contributed by atoms with E-state index in [1.54, 1.807) is 0 Å². The molecule has 19 heavy (non-hydrogen) atoms. The van der Waals surface area contributed by atoms with Gasteiger partial charge < -0.3 is 5.32 Å². The molecule has 1 nitrogen and oxygen atoms in total. The molecule has 0 radical (unpaired) electrons. The lowest BCUT2D eigenvalue weighted by Gasteiger charge is -2.15. The molecule has 0 bridgehead atoms. The van der Waals surface area contributed by atoms with Crippen LogP contribution in [-0.4, -0.2) is 6.54 Å². The molecule has 1 N–H and O–H groups in total. The Bertz CT molecular complexity index is 515. The highest BCUT2D eigenvalue weighted by Gasteiger charge is 2.13. The van der Waals surface area contributed by atoms with E-state index in [0.29, 0.717) is 6.04 Å². The minimum atomic E-state index is 0.509. The van der Waals surface area contributed by atoms with Gasteiger partial charge in [0.05, 0.1) is 0 Å². The van der Waals surface area contributed by atoms with E-state index in [9.17, 15) is 0 Å². The Morgan fingerprint density at radius 1 is 1.16 bits per heavy atom. The van der Waals surface area contributed by atoms with Crippen molar-refractivity contribution in [1.82, 2.24) is 5.32 Å². The van der Waals surface area contributed by atoms with Gasteiger partial charge >= 0.3 is 0 Å². The first-order valence-corrected chi connectivity index (χ1v) is 8.73. The van der Waals surface area contributed by atoms with E-state index in [2.05, 4.69) is 78.2 Å². The minimum Gasteiger partial charge on any atom is -0.310 e. The summed E-state index contributed by atoms with van der Waals surface area (Å²) in [4.78, 5) is 2.83. The Hall–Kier alpha value is -0.390. The molecular weight excluding hydrogens is 365 g/mol. The van der Waals surface area contributed by atoms with Gasteiger partial charge in [0.25, 0.3) is 0 Å². The summed E-state index contributed by atoms with van der Waals surface area (Å²) >= 11 is 4.34. The van der Waals surface area contributed by atoms with E-state index in [4.69, 9.17) is 0 Å². The molecule has 0 spiro atoms. The van der Waals surface area contributed by atoms with Crippen molar-refractivity contribution in [2.45, 2.75) is 32.7 Å². The van der Waals surface area contributed by atoms with Gasteiger partial charge in [0.2, 0.25) is 0 Å². The van der Waals surface area contributed by atoms with E-state index in [1.165, 1.54) is 31.7 Å². The molecule has 1 aromatic heterocycles. The molecule has 0 aliphatic rings. The van der Waals surface area contributed by atoms with E-state index in [0.717, 1.165) is 6.54 Å². The van der Waals surface area contributed by atoms with Gasteiger partial charge in [-0.1, -0.05) is 38.5 Å². The molecule has 1 atom stereocenters. The van der Waals surface area contributed by atoms with Crippen LogP contribution in [0.15, 0.2) is 36.4 Å². The van der Waals surface area contributed by atoms with Gasteiger partial charge in [-0.05, 0) is 53.8 Å². The van der Waals surface area contributed by atoms with Crippen molar-refractivity contribution >= 4 is 33.9 Å². The summed E-state index contributed by atoms with van der Waals surface area (Å²) < 4.78 is 1.32. The standard InChI is InChI=1S/C16H20INS/c1-3-7-14(18-4-2)16-11-10-15(19-16)12-8-5-6-9-13(12)17/h5-6,8-11,14,18H,3-4,7H2,1-2H3. The number of rotatable bonds is 6.